The molecule has 3 aliphatic rings. The first kappa shape index (κ1) is 18.2. The normalized spacial score (nSPS) is 33.3. The predicted molar refractivity (Wildman–Crippen MR) is 91.5 cm³/mol. The van der Waals surface area contributed by atoms with Gasteiger partial charge in [0.05, 0.1) is 12.6 Å². The molecular weight excluding hydrogens is 324 g/mol. The molecule has 5 N–H and O–H groups in total. The standard InChI is InChI=1S/C17H28N4O4/c1-9-12(7-20-4-3-11(6-20)19-5-14(18)23)16(17(24)25)21-8-13(10(2)22)15(9)21/h9-11,13,15,19,22H,3-8H2,1-2H3,(H2,18,23)(H,24,25)/t9-,10+,11-,13?,15?/m0/s1. The van der Waals surface area contributed by atoms with Crippen LogP contribution in [0.3, 0.4) is 0 Å². The number of likely N-dealkylation sites (tertiary alicyclic amines) is 1. The Morgan fingerprint density at radius 2 is 2.12 bits per heavy atom. The average Bonchev–Trinajstić information content (AvgIpc) is 3.00. The highest BCUT2D eigenvalue weighted by Crippen LogP contribution is 2.46. The van der Waals surface area contributed by atoms with Crippen LogP contribution in [0.4, 0.5) is 0 Å². The third-order valence-corrected chi connectivity index (χ3v) is 5.91. The van der Waals surface area contributed by atoms with Crippen molar-refractivity contribution in [2.24, 2.45) is 17.6 Å². The fourth-order valence-electron chi connectivity index (χ4n) is 4.58. The summed E-state index contributed by atoms with van der Waals surface area (Å²) in [6, 6.07) is 0.299. The Morgan fingerprint density at radius 3 is 2.72 bits per heavy atom. The van der Waals surface area contributed by atoms with Crippen molar-refractivity contribution < 1.29 is 19.8 Å². The molecule has 2 unspecified atom stereocenters. The molecule has 0 saturated carbocycles. The first-order valence-corrected chi connectivity index (χ1v) is 8.94. The lowest BCUT2D eigenvalue weighted by Gasteiger charge is -2.49. The number of aliphatic carboxylic acids is 1. The maximum atomic E-state index is 11.8. The van der Waals surface area contributed by atoms with Crippen LogP contribution in [0.25, 0.3) is 0 Å². The molecule has 3 rings (SSSR count). The second-order valence-corrected chi connectivity index (χ2v) is 7.58. The number of nitrogens with two attached hydrogens (primary N) is 1. The van der Waals surface area contributed by atoms with E-state index in [0.717, 1.165) is 25.1 Å². The van der Waals surface area contributed by atoms with E-state index >= 15 is 0 Å². The molecule has 1 amide bonds. The Kier molecular flexibility index (Phi) is 5.04. The molecule has 3 heterocycles. The van der Waals surface area contributed by atoms with Crippen molar-refractivity contribution in [2.45, 2.75) is 38.5 Å². The summed E-state index contributed by atoms with van der Waals surface area (Å²) in [7, 11) is 0. The van der Waals surface area contributed by atoms with Gasteiger partial charge in [0.2, 0.25) is 5.91 Å². The zero-order chi connectivity index (χ0) is 18.3. The van der Waals surface area contributed by atoms with Crippen molar-refractivity contribution in [3.05, 3.63) is 11.3 Å². The van der Waals surface area contributed by atoms with Crippen molar-refractivity contribution in [3.8, 4) is 0 Å². The minimum atomic E-state index is -0.879. The van der Waals surface area contributed by atoms with Crippen LogP contribution < -0.4 is 11.1 Å². The van der Waals surface area contributed by atoms with Gasteiger partial charge in [-0.2, -0.15) is 0 Å². The highest BCUT2D eigenvalue weighted by Gasteiger charge is 2.53. The molecule has 25 heavy (non-hydrogen) atoms. The molecule has 2 saturated heterocycles. The Balaban J connectivity index is 1.66. The van der Waals surface area contributed by atoms with Gasteiger partial charge in [0.1, 0.15) is 5.70 Å². The number of carboxylic acid groups (broad SMARTS) is 1. The summed E-state index contributed by atoms with van der Waals surface area (Å²) in [5.74, 6) is -0.995. The van der Waals surface area contributed by atoms with Gasteiger partial charge in [0.15, 0.2) is 0 Å². The second-order valence-electron chi connectivity index (χ2n) is 7.58. The lowest BCUT2D eigenvalue weighted by Crippen LogP contribution is -2.59. The fourth-order valence-corrected chi connectivity index (χ4v) is 4.58. The first-order valence-electron chi connectivity index (χ1n) is 8.94. The van der Waals surface area contributed by atoms with Gasteiger partial charge in [-0.05, 0) is 18.9 Å². The van der Waals surface area contributed by atoms with Crippen LogP contribution in [0.5, 0.6) is 0 Å². The van der Waals surface area contributed by atoms with Crippen LogP contribution in [-0.4, -0.2) is 82.8 Å². The largest absolute Gasteiger partial charge is 0.477 e. The Hall–Kier alpha value is -1.64. The Morgan fingerprint density at radius 1 is 1.40 bits per heavy atom. The van der Waals surface area contributed by atoms with Gasteiger partial charge >= 0.3 is 5.97 Å². The van der Waals surface area contributed by atoms with Crippen LogP contribution in [-0.2, 0) is 9.59 Å². The number of nitrogens with one attached hydrogen (secondary N) is 1. The first-order chi connectivity index (χ1) is 11.8. The number of aliphatic hydroxyl groups excluding tert-OH is 1. The number of hydrogen-bond acceptors (Lipinski definition) is 6. The van der Waals surface area contributed by atoms with E-state index < -0.39 is 12.1 Å². The van der Waals surface area contributed by atoms with Crippen LogP contribution in [0.1, 0.15) is 20.3 Å². The molecule has 8 heteroatoms. The van der Waals surface area contributed by atoms with Gasteiger partial charge in [-0.1, -0.05) is 6.92 Å². The fraction of sp³-hybridized carbons (Fsp3) is 0.765. The van der Waals surface area contributed by atoms with Gasteiger partial charge in [-0.25, -0.2) is 4.79 Å². The van der Waals surface area contributed by atoms with E-state index in [0.29, 0.717) is 18.8 Å². The summed E-state index contributed by atoms with van der Waals surface area (Å²) in [5.41, 5.74) is 6.54. The predicted octanol–water partition coefficient (Wildman–Crippen LogP) is -1.19. The number of carbonyl (C=O) groups is 2. The van der Waals surface area contributed by atoms with E-state index in [2.05, 4.69) is 17.1 Å². The number of amides is 1. The summed E-state index contributed by atoms with van der Waals surface area (Å²) in [6.07, 6.45) is 0.494. The second kappa shape index (κ2) is 6.93. The number of carbonyl (C=O) groups excluding carboxylic acids is 1. The molecule has 0 aromatic heterocycles. The molecular formula is C17H28N4O4. The molecule has 5 atom stereocenters. The molecule has 2 fully saturated rings. The topological polar surface area (TPSA) is 119 Å². The number of fused-ring (bicyclic) bond motifs is 1. The van der Waals surface area contributed by atoms with E-state index in [1.165, 1.54) is 0 Å². The average molecular weight is 352 g/mol. The number of carboxylic acids is 1. The van der Waals surface area contributed by atoms with E-state index in [-0.39, 0.29) is 36.4 Å². The lowest BCUT2D eigenvalue weighted by atomic mass is 9.78. The molecule has 0 aliphatic carbocycles. The molecule has 0 spiro atoms. The number of hydrogen-bond donors (Lipinski definition) is 4. The van der Waals surface area contributed by atoms with Crippen LogP contribution in [0.2, 0.25) is 0 Å². The SMILES string of the molecule is C[C@@H](O)C1CN2C(C(=O)O)=C(CN3CC[C@H](NCC(N)=O)C3)[C@H](C)C12. The molecule has 3 aliphatic heterocycles. The quantitative estimate of drug-likeness (QED) is 0.455. The lowest BCUT2D eigenvalue weighted by molar-refractivity contribution is -0.137. The van der Waals surface area contributed by atoms with Crippen molar-refractivity contribution in [2.75, 3.05) is 32.7 Å². The Labute approximate surface area is 147 Å². The molecule has 8 nitrogen and oxygen atoms in total. The zero-order valence-electron chi connectivity index (χ0n) is 14.8. The van der Waals surface area contributed by atoms with Crippen LogP contribution >= 0.6 is 0 Å². The maximum Gasteiger partial charge on any atom is 0.352 e. The number of nitrogens with zero attached hydrogens (tertiary/aromatic N) is 2. The van der Waals surface area contributed by atoms with E-state index in [1.54, 1.807) is 6.92 Å². The van der Waals surface area contributed by atoms with Crippen molar-refractivity contribution in [1.82, 2.24) is 15.1 Å². The van der Waals surface area contributed by atoms with Gasteiger partial charge in [0, 0.05) is 50.1 Å². The smallest absolute Gasteiger partial charge is 0.352 e. The van der Waals surface area contributed by atoms with E-state index in [1.807, 2.05) is 4.90 Å². The van der Waals surface area contributed by atoms with Gasteiger partial charge in [-0.15, -0.1) is 0 Å². The molecule has 0 aromatic rings. The molecule has 0 aromatic carbocycles. The monoisotopic (exact) mass is 352 g/mol. The van der Waals surface area contributed by atoms with Crippen molar-refractivity contribution in [3.63, 3.8) is 0 Å². The zero-order valence-corrected chi connectivity index (χ0v) is 14.8. The van der Waals surface area contributed by atoms with Gasteiger partial charge in [-0.3, -0.25) is 9.69 Å². The summed E-state index contributed by atoms with van der Waals surface area (Å²) >= 11 is 0. The summed E-state index contributed by atoms with van der Waals surface area (Å²) in [5, 5.41) is 22.7. The third-order valence-electron chi connectivity index (χ3n) is 5.91. The van der Waals surface area contributed by atoms with Crippen molar-refractivity contribution >= 4 is 11.9 Å². The Bertz CT molecular complexity index is 591. The summed E-state index contributed by atoms with van der Waals surface area (Å²) < 4.78 is 0. The number of aliphatic hydroxyl groups is 1. The minimum absolute atomic E-state index is 0.0903. The highest BCUT2D eigenvalue weighted by molar-refractivity contribution is 5.88. The van der Waals surface area contributed by atoms with Gasteiger partial charge < -0.3 is 26.2 Å². The summed E-state index contributed by atoms with van der Waals surface area (Å²) in [6.45, 7) is 6.89. The highest BCUT2D eigenvalue weighted by atomic mass is 16.4. The van der Waals surface area contributed by atoms with Crippen molar-refractivity contribution in [1.29, 1.82) is 0 Å². The van der Waals surface area contributed by atoms with E-state index in [9.17, 15) is 19.8 Å². The van der Waals surface area contributed by atoms with E-state index in [4.69, 9.17) is 5.73 Å². The molecule has 0 bridgehead atoms. The summed E-state index contributed by atoms with van der Waals surface area (Å²) in [4.78, 5) is 26.9. The van der Waals surface area contributed by atoms with Crippen LogP contribution in [0.15, 0.2) is 11.3 Å². The molecule has 0 radical (unpaired) electrons. The van der Waals surface area contributed by atoms with Gasteiger partial charge in [0.25, 0.3) is 0 Å². The number of rotatable bonds is 7. The molecule has 140 valence electrons. The minimum Gasteiger partial charge on any atom is -0.477 e. The third kappa shape index (κ3) is 3.38. The maximum absolute atomic E-state index is 11.8. The van der Waals surface area contributed by atoms with Crippen LogP contribution in [0, 0.1) is 11.8 Å². The number of primary amides is 1.